The Balaban J connectivity index is 1.97. The number of piperidine rings is 1. The monoisotopic (exact) mass is 282 g/mol. The van der Waals surface area contributed by atoms with E-state index in [1.165, 1.54) is 30.6 Å². The van der Waals surface area contributed by atoms with Gasteiger partial charge in [0.1, 0.15) is 6.04 Å². The molecule has 0 bridgehead atoms. The smallest absolute Gasteiger partial charge is 0.326 e. The number of likely N-dealkylation sites (tertiary alicyclic amines) is 1. The zero-order valence-electron chi connectivity index (χ0n) is 12.5. The van der Waals surface area contributed by atoms with Crippen molar-refractivity contribution in [3.8, 4) is 0 Å². The van der Waals surface area contributed by atoms with Crippen molar-refractivity contribution in [2.75, 3.05) is 6.54 Å². The highest BCUT2D eigenvalue weighted by Crippen LogP contribution is 2.28. The van der Waals surface area contributed by atoms with Crippen molar-refractivity contribution in [1.29, 1.82) is 0 Å². The molecule has 2 aliphatic rings. The van der Waals surface area contributed by atoms with E-state index in [2.05, 4.69) is 5.32 Å². The maximum absolute atomic E-state index is 12.4. The molecule has 5 heteroatoms. The van der Waals surface area contributed by atoms with Gasteiger partial charge in [-0.2, -0.15) is 0 Å². The molecule has 0 aromatic heterocycles. The lowest BCUT2D eigenvalue weighted by Crippen LogP contribution is -2.56. The second kappa shape index (κ2) is 6.46. The van der Waals surface area contributed by atoms with Crippen molar-refractivity contribution < 1.29 is 14.7 Å². The van der Waals surface area contributed by atoms with Crippen LogP contribution in [0.5, 0.6) is 0 Å². The number of nitrogens with zero attached hydrogens (tertiary/aromatic N) is 1. The summed E-state index contributed by atoms with van der Waals surface area (Å²) in [5, 5.41) is 12.4. The maximum Gasteiger partial charge on any atom is 0.326 e. The number of hydrogen-bond donors (Lipinski definition) is 2. The molecule has 0 aromatic rings. The number of amides is 2. The SMILES string of the molecule is CC1CCCN(C(=O)NC(C)C2CCCC2)C1C(=O)O. The third-order valence-corrected chi connectivity index (χ3v) is 4.91. The molecule has 3 unspecified atom stereocenters. The van der Waals surface area contributed by atoms with Crippen molar-refractivity contribution >= 4 is 12.0 Å². The average molecular weight is 282 g/mol. The molecule has 1 saturated carbocycles. The van der Waals surface area contributed by atoms with E-state index >= 15 is 0 Å². The molecule has 1 aliphatic carbocycles. The number of aliphatic carboxylic acids is 1. The first kappa shape index (κ1) is 15.1. The van der Waals surface area contributed by atoms with Crippen molar-refractivity contribution in [1.82, 2.24) is 10.2 Å². The number of rotatable bonds is 3. The van der Waals surface area contributed by atoms with Crippen LogP contribution in [-0.4, -0.2) is 40.6 Å². The third-order valence-electron chi connectivity index (χ3n) is 4.91. The number of carbonyl (C=O) groups is 2. The summed E-state index contributed by atoms with van der Waals surface area (Å²) in [4.78, 5) is 25.3. The van der Waals surface area contributed by atoms with Crippen molar-refractivity contribution in [2.24, 2.45) is 11.8 Å². The minimum Gasteiger partial charge on any atom is -0.480 e. The van der Waals surface area contributed by atoms with Crippen LogP contribution < -0.4 is 5.32 Å². The summed E-state index contributed by atoms with van der Waals surface area (Å²) in [6.45, 7) is 4.50. The van der Waals surface area contributed by atoms with Gasteiger partial charge in [0, 0.05) is 12.6 Å². The first-order valence-electron chi connectivity index (χ1n) is 7.80. The van der Waals surface area contributed by atoms with Gasteiger partial charge in [-0.3, -0.25) is 0 Å². The summed E-state index contributed by atoms with van der Waals surface area (Å²) in [6, 6.07) is -0.750. The first-order chi connectivity index (χ1) is 9.50. The quantitative estimate of drug-likeness (QED) is 0.835. The molecule has 5 nitrogen and oxygen atoms in total. The Morgan fingerprint density at radius 2 is 1.85 bits per heavy atom. The van der Waals surface area contributed by atoms with Crippen LogP contribution in [0.3, 0.4) is 0 Å². The summed E-state index contributed by atoms with van der Waals surface area (Å²) in [7, 11) is 0. The lowest BCUT2D eigenvalue weighted by atomic mass is 9.91. The van der Waals surface area contributed by atoms with Crippen molar-refractivity contribution in [3.05, 3.63) is 0 Å². The summed E-state index contributed by atoms with van der Waals surface area (Å²) in [5.74, 6) is -0.320. The number of urea groups is 1. The molecule has 0 spiro atoms. The first-order valence-corrected chi connectivity index (χ1v) is 7.80. The van der Waals surface area contributed by atoms with Crippen LogP contribution in [0.25, 0.3) is 0 Å². The Morgan fingerprint density at radius 3 is 2.45 bits per heavy atom. The number of nitrogens with one attached hydrogen (secondary N) is 1. The molecular formula is C15H26N2O3. The van der Waals surface area contributed by atoms with E-state index in [1.807, 2.05) is 13.8 Å². The predicted molar refractivity (Wildman–Crippen MR) is 76.5 cm³/mol. The van der Waals surface area contributed by atoms with Gasteiger partial charge < -0.3 is 15.3 Å². The highest BCUT2D eigenvalue weighted by Gasteiger charge is 2.37. The van der Waals surface area contributed by atoms with Crippen molar-refractivity contribution in [2.45, 2.75) is 64.5 Å². The molecular weight excluding hydrogens is 256 g/mol. The summed E-state index contributed by atoms with van der Waals surface area (Å²) in [6.07, 6.45) is 6.57. The lowest BCUT2D eigenvalue weighted by molar-refractivity contribution is -0.145. The van der Waals surface area contributed by atoms with E-state index in [-0.39, 0.29) is 18.0 Å². The molecule has 20 heavy (non-hydrogen) atoms. The molecule has 1 heterocycles. The number of carboxylic acids is 1. The van der Waals surface area contributed by atoms with E-state index in [9.17, 15) is 14.7 Å². The van der Waals surface area contributed by atoms with Crippen LogP contribution in [0.2, 0.25) is 0 Å². The lowest BCUT2D eigenvalue weighted by Gasteiger charge is -2.38. The highest BCUT2D eigenvalue weighted by molar-refractivity contribution is 5.83. The molecule has 2 fully saturated rings. The van der Waals surface area contributed by atoms with Gasteiger partial charge in [-0.05, 0) is 44.4 Å². The van der Waals surface area contributed by atoms with Crippen molar-refractivity contribution in [3.63, 3.8) is 0 Å². The van der Waals surface area contributed by atoms with Crippen LogP contribution in [0, 0.1) is 11.8 Å². The van der Waals surface area contributed by atoms with E-state index in [0.29, 0.717) is 12.5 Å². The Bertz CT molecular complexity index is 366. The normalized spacial score (nSPS) is 29.2. The van der Waals surface area contributed by atoms with Gasteiger partial charge in [0.25, 0.3) is 0 Å². The maximum atomic E-state index is 12.4. The van der Waals surface area contributed by atoms with Gasteiger partial charge in [-0.15, -0.1) is 0 Å². The second-order valence-corrected chi connectivity index (χ2v) is 6.38. The highest BCUT2D eigenvalue weighted by atomic mass is 16.4. The largest absolute Gasteiger partial charge is 0.480 e. The van der Waals surface area contributed by atoms with Crippen LogP contribution in [0.1, 0.15) is 52.4 Å². The third kappa shape index (κ3) is 3.25. The zero-order valence-corrected chi connectivity index (χ0v) is 12.5. The molecule has 3 atom stereocenters. The molecule has 1 saturated heterocycles. The average Bonchev–Trinajstić information content (AvgIpc) is 2.91. The van der Waals surface area contributed by atoms with E-state index in [0.717, 1.165) is 12.8 Å². The van der Waals surface area contributed by atoms with Crippen LogP contribution in [0.15, 0.2) is 0 Å². The molecule has 114 valence electrons. The molecule has 2 N–H and O–H groups in total. The molecule has 2 amide bonds. The fraction of sp³-hybridized carbons (Fsp3) is 0.867. The summed E-state index contributed by atoms with van der Waals surface area (Å²) >= 11 is 0. The van der Waals surface area contributed by atoms with Gasteiger partial charge in [0.15, 0.2) is 0 Å². The summed E-state index contributed by atoms with van der Waals surface area (Å²) in [5.41, 5.74) is 0. The van der Waals surface area contributed by atoms with E-state index < -0.39 is 12.0 Å². The Hall–Kier alpha value is -1.26. The molecule has 2 rings (SSSR count). The Labute approximate surface area is 120 Å². The van der Waals surface area contributed by atoms with Gasteiger partial charge in [0.05, 0.1) is 0 Å². The fourth-order valence-corrected chi connectivity index (χ4v) is 3.65. The number of hydrogen-bond acceptors (Lipinski definition) is 2. The minimum atomic E-state index is -0.888. The van der Waals surface area contributed by atoms with Gasteiger partial charge in [0.2, 0.25) is 0 Å². The van der Waals surface area contributed by atoms with Crippen LogP contribution in [-0.2, 0) is 4.79 Å². The summed E-state index contributed by atoms with van der Waals surface area (Å²) < 4.78 is 0. The molecule has 0 aromatic carbocycles. The topological polar surface area (TPSA) is 69.6 Å². The number of carboxylic acid groups (broad SMARTS) is 1. The standard InChI is InChI=1S/C15H26N2O3/c1-10-6-5-9-17(13(10)14(18)19)15(20)16-11(2)12-7-3-4-8-12/h10-13H,3-9H2,1-2H3,(H,16,20)(H,18,19). The van der Waals surface area contributed by atoms with Crippen LogP contribution >= 0.6 is 0 Å². The number of carbonyl (C=O) groups excluding carboxylic acids is 1. The van der Waals surface area contributed by atoms with Crippen LogP contribution in [0.4, 0.5) is 4.79 Å². The van der Waals surface area contributed by atoms with E-state index in [1.54, 1.807) is 0 Å². The predicted octanol–water partition coefficient (Wildman–Crippen LogP) is 2.46. The van der Waals surface area contributed by atoms with Gasteiger partial charge in [-0.1, -0.05) is 19.8 Å². The fourth-order valence-electron chi connectivity index (χ4n) is 3.65. The van der Waals surface area contributed by atoms with Gasteiger partial charge >= 0.3 is 12.0 Å². The van der Waals surface area contributed by atoms with Gasteiger partial charge in [-0.25, -0.2) is 9.59 Å². The zero-order chi connectivity index (χ0) is 14.7. The molecule has 0 radical (unpaired) electrons. The second-order valence-electron chi connectivity index (χ2n) is 6.38. The Morgan fingerprint density at radius 1 is 1.20 bits per heavy atom. The molecule has 1 aliphatic heterocycles. The Kier molecular flexibility index (Phi) is 4.89. The van der Waals surface area contributed by atoms with E-state index in [4.69, 9.17) is 0 Å². The minimum absolute atomic E-state index is 0.0220.